The molecule has 0 spiro atoms. The zero-order valence-electron chi connectivity index (χ0n) is 17.6. The summed E-state index contributed by atoms with van der Waals surface area (Å²) in [5, 5.41) is 27.2. The second-order valence-electron chi connectivity index (χ2n) is 7.18. The summed E-state index contributed by atoms with van der Waals surface area (Å²) in [5.41, 5.74) is 1.28. The minimum absolute atomic E-state index is 0.0325. The van der Waals surface area contributed by atoms with Gasteiger partial charge in [-0.15, -0.1) is 5.11 Å². The molecule has 0 saturated carbocycles. The molecule has 0 aliphatic carbocycles. The van der Waals surface area contributed by atoms with Gasteiger partial charge in [0.2, 0.25) is 0 Å². The van der Waals surface area contributed by atoms with E-state index in [1.54, 1.807) is 30.3 Å². The highest BCUT2D eigenvalue weighted by Gasteiger charge is 2.14. The van der Waals surface area contributed by atoms with Crippen LogP contribution in [0.2, 0.25) is 0 Å². The van der Waals surface area contributed by atoms with Crippen molar-refractivity contribution in [2.75, 3.05) is 0 Å². The Morgan fingerprint density at radius 1 is 0.543 bits per heavy atom. The molecule has 4 aromatic carbocycles. The highest BCUT2D eigenvalue weighted by Crippen LogP contribution is 2.37. The molecule has 13 heteroatoms. The number of phenols is 1. The summed E-state index contributed by atoms with van der Waals surface area (Å²) in [6.45, 7) is 0. The number of hydrogen-bond acceptors (Lipinski definition) is 9. The fourth-order valence-electron chi connectivity index (χ4n) is 3.03. The van der Waals surface area contributed by atoms with E-state index in [-0.39, 0.29) is 26.6 Å². The van der Waals surface area contributed by atoms with E-state index in [9.17, 15) is 26.5 Å². The lowest BCUT2D eigenvalue weighted by atomic mass is 10.1. The average molecular weight is 513 g/mol. The lowest BCUT2D eigenvalue weighted by molar-refractivity contribution is 0.476. The molecule has 0 bridgehead atoms. The van der Waals surface area contributed by atoms with Gasteiger partial charge in [0.1, 0.15) is 11.4 Å². The Morgan fingerprint density at radius 3 is 1.49 bits per heavy atom. The summed E-state index contributed by atoms with van der Waals surface area (Å²) in [6.07, 6.45) is 0. The topological polar surface area (TPSA) is 178 Å². The number of nitrogens with zero attached hydrogens (tertiary/aromatic N) is 4. The molecule has 0 radical (unpaired) electrons. The Bertz CT molecular complexity index is 1680. The molecule has 3 N–H and O–H groups in total. The Balaban J connectivity index is 1.56. The maximum absolute atomic E-state index is 11.5. The van der Waals surface area contributed by atoms with Gasteiger partial charge < -0.3 is 5.11 Å². The Hall–Kier alpha value is -4.04. The van der Waals surface area contributed by atoms with Crippen molar-refractivity contribution >= 4 is 53.8 Å². The quantitative estimate of drug-likeness (QED) is 0.213. The van der Waals surface area contributed by atoms with Crippen molar-refractivity contribution in [2.45, 2.75) is 9.79 Å². The molecule has 35 heavy (non-hydrogen) atoms. The molecule has 0 saturated heterocycles. The molecule has 4 rings (SSSR count). The van der Waals surface area contributed by atoms with Gasteiger partial charge in [0.15, 0.2) is 0 Å². The van der Waals surface area contributed by atoms with Crippen LogP contribution in [0.5, 0.6) is 5.75 Å². The standard InChI is InChI=1S/C22H16N4O7S2/c27-21-12-2-14-1-9-19(35(31,32)33)13-20(14)22(21)26-25-16-5-3-15(4-6-16)23-24-17-7-10-18(11-8-17)34(28,29)30/h1-13,27H,(H,28,29,30)(H,31,32,33). The molecule has 178 valence electrons. The summed E-state index contributed by atoms with van der Waals surface area (Å²) < 4.78 is 63.4. The van der Waals surface area contributed by atoms with E-state index in [0.717, 1.165) is 0 Å². The summed E-state index contributed by atoms with van der Waals surface area (Å²) in [7, 11) is -8.73. The van der Waals surface area contributed by atoms with Crippen LogP contribution in [0.4, 0.5) is 22.7 Å². The predicted octanol–water partition coefficient (Wildman–Crippen LogP) is 5.87. The number of aromatic hydroxyl groups is 1. The predicted molar refractivity (Wildman–Crippen MR) is 126 cm³/mol. The SMILES string of the molecule is O=S(=O)(O)c1ccc(N=Nc2ccc(N=Nc3c(O)ccc4ccc(S(=O)(=O)O)cc34)cc2)cc1. The first-order valence-corrected chi connectivity index (χ1v) is 12.6. The molecular formula is C22H16N4O7S2. The van der Waals surface area contributed by atoms with Gasteiger partial charge >= 0.3 is 0 Å². The van der Waals surface area contributed by atoms with Gasteiger partial charge in [-0.3, -0.25) is 9.11 Å². The molecule has 11 nitrogen and oxygen atoms in total. The zero-order chi connectivity index (χ0) is 25.2. The fraction of sp³-hybridized carbons (Fsp3) is 0. The van der Waals surface area contributed by atoms with Crippen LogP contribution in [0.15, 0.2) is 109 Å². The van der Waals surface area contributed by atoms with Gasteiger partial charge in [-0.05, 0) is 72.1 Å². The number of hydrogen-bond donors (Lipinski definition) is 3. The first-order chi connectivity index (χ1) is 16.5. The summed E-state index contributed by atoms with van der Waals surface area (Å²) in [4.78, 5) is -0.591. The van der Waals surface area contributed by atoms with Crippen molar-refractivity contribution < 1.29 is 31.0 Å². The van der Waals surface area contributed by atoms with Gasteiger partial charge in [0.25, 0.3) is 20.2 Å². The van der Waals surface area contributed by atoms with Crippen LogP contribution >= 0.6 is 0 Å². The van der Waals surface area contributed by atoms with Crippen molar-refractivity contribution in [1.29, 1.82) is 0 Å². The minimum atomic E-state index is -4.44. The van der Waals surface area contributed by atoms with Gasteiger partial charge in [-0.2, -0.15) is 32.2 Å². The second-order valence-corrected chi connectivity index (χ2v) is 10.0. The van der Waals surface area contributed by atoms with Crippen LogP contribution in [0.3, 0.4) is 0 Å². The molecule has 0 unspecified atom stereocenters. The Labute approximate surface area is 199 Å². The molecule has 0 fully saturated rings. The third-order valence-corrected chi connectivity index (χ3v) is 6.49. The monoisotopic (exact) mass is 512 g/mol. The van der Waals surface area contributed by atoms with Crippen molar-refractivity contribution in [2.24, 2.45) is 20.5 Å². The molecular weight excluding hydrogens is 496 g/mol. The number of fused-ring (bicyclic) bond motifs is 1. The largest absolute Gasteiger partial charge is 0.506 e. The van der Waals surface area contributed by atoms with E-state index in [2.05, 4.69) is 20.5 Å². The highest BCUT2D eigenvalue weighted by atomic mass is 32.2. The number of phenolic OH excluding ortho intramolecular Hbond substituents is 1. The van der Waals surface area contributed by atoms with Gasteiger partial charge in [-0.25, -0.2) is 0 Å². The minimum Gasteiger partial charge on any atom is -0.506 e. The first-order valence-electron chi connectivity index (χ1n) is 9.75. The van der Waals surface area contributed by atoms with Crippen molar-refractivity contribution in [3.63, 3.8) is 0 Å². The lowest BCUT2D eigenvalue weighted by Gasteiger charge is -2.06. The molecule has 0 amide bonds. The average Bonchev–Trinajstić information content (AvgIpc) is 2.81. The smallest absolute Gasteiger partial charge is 0.294 e. The Morgan fingerprint density at radius 2 is 0.971 bits per heavy atom. The van der Waals surface area contributed by atoms with E-state index in [1.807, 2.05) is 0 Å². The third kappa shape index (κ3) is 5.73. The maximum Gasteiger partial charge on any atom is 0.294 e. The zero-order valence-corrected chi connectivity index (χ0v) is 19.2. The molecule has 0 aliphatic heterocycles. The van der Waals surface area contributed by atoms with Crippen LogP contribution in [-0.2, 0) is 20.2 Å². The normalized spacial score (nSPS) is 12.6. The first kappa shape index (κ1) is 24.1. The van der Waals surface area contributed by atoms with E-state index in [0.29, 0.717) is 22.4 Å². The summed E-state index contributed by atoms with van der Waals surface area (Å²) >= 11 is 0. The summed E-state index contributed by atoms with van der Waals surface area (Å²) in [6, 6.07) is 18.5. The molecule has 0 atom stereocenters. The van der Waals surface area contributed by atoms with Crippen molar-refractivity contribution in [3.05, 3.63) is 78.9 Å². The van der Waals surface area contributed by atoms with Crippen LogP contribution in [0, 0.1) is 0 Å². The van der Waals surface area contributed by atoms with Crippen LogP contribution in [-0.4, -0.2) is 31.0 Å². The van der Waals surface area contributed by atoms with Crippen LogP contribution in [0.1, 0.15) is 0 Å². The van der Waals surface area contributed by atoms with Crippen LogP contribution in [0.25, 0.3) is 10.8 Å². The number of rotatable bonds is 6. The summed E-state index contributed by atoms with van der Waals surface area (Å²) in [5.74, 6) is -0.223. The third-order valence-electron chi connectivity index (χ3n) is 4.77. The van der Waals surface area contributed by atoms with Crippen LogP contribution < -0.4 is 0 Å². The highest BCUT2D eigenvalue weighted by molar-refractivity contribution is 7.86. The van der Waals surface area contributed by atoms with E-state index < -0.39 is 20.2 Å². The molecule has 0 heterocycles. The van der Waals surface area contributed by atoms with Gasteiger partial charge in [0, 0.05) is 5.39 Å². The second kappa shape index (κ2) is 9.31. The Kier molecular flexibility index (Phi) is 6.41. The maximum atomic E-state index is 11.5. The van der Waals surface area contributed by atoms with E-state index in [1.165, 1.54) is 48.5 Å². The molecule has 0 aliphatic rings. The van der Waals surface area contributed by atoms with Gasteiger partial charge in [0.05, 0.1) is 26.9 Å². The van der Waals surface area contributed by atoms with Crippen molar-refractivity contribution in [1.82, 2.24) is 0 Å². The molecule has 0 aromatic heterocycles. The van der Waals surface area contributed by atoms with Gasteiger partial charge in [-0.1, -0.05) is 12.1 Å². The lowest BCUT2D eigenvalue weighted by Crippen LogP contribution is -1.97. The fourth-order valence-corrected chi connectivity index (χ4v) is 4.02. The van der Waals surface area contributed by atoms with E-state index >= 15 is 0 Å². The molecule has 4 aromatic rings. The number of azo groups is 2. The van der Waals surface area contributed by atoms with E-state index in [4.69, 9.17) is 4.55 Å². The van der Waals surface area contributed by atoms with Crippen molar-refractivity contribution in [3.8, 4) is 5.75 Å². The number of benzene rings is 4.